The van der Waals surface area contributed by atoms with Crippen LogP contribution in [-0.4, -0.2) is 26.2 Å². The number of rotatable bonds is 5. The van der Waals surface area contributed by atoms with Crippen LogP contribution in [0, 0.1) is 53.3 Å². The van der Waals surface area contributed by atoms with Gasteiger partial charge in [-0.1, -0.05) is 44.9 Å². The molecule has 9 atom stereocenters. The zero-order valence-electron chi connectivity index (χ0n) is 22.2. The molecule has 5 rings (SSSR count). The van der Waals surface area contributed by atoms with Crippen molar-refractivity contribution in [3.05, 3.63) is 29.8 Å². The minimum Gasteiger partial charge on any atom is -0.393 e. The summed E-state index contributed by atoms with van der Waals surface area (Å²) in [7, 11) is -3.73. The zero-order valence-corrected chi connectivity index (χ0v) is 23.0. The molecule has 4 saturated carbocycles. The summed E-state index contributed by atoms with van der Waals surface area (Å²) in [4.78, 5) is 0.256. The van der Waals surface area contributed by atoms with Gasteiger partial charge in [0, 0.05) is 0 Å². The van der Waals surface area contributed by atoms with E-state index in [2.05, 4.69) is 20.8 Å². The van der Waals surface area contributed by atoms with Crippen LogP contribution in [-0.2, 0) is 14.3 Å². The smallest absolute Gasteiger partial charge is 0.296 e. The number of aliphatic hydroxyl groups excluding tert-OH is 1. The van der Waals surface area contributed by atoms with Gasteiger partial charge in [-0.2, -0.15) is 8.42 Å². The molecule has 1 aromatic rings. The van der Waals surface area contributed by atoms with Gasteiger partial charge < -0.3 is 5.11 Å². The highest BCUT2D eigenvalue weighted by Gasteiger charge is 2.59. The molecule has 5 heteroatoms. The van der Waals surface area contributed by atoms with Crippen molar-refractivity contribution in [3.8, 4) is 0 Å². The second-order valence-corrected chi connectivity index (χ2v) is 14.8. The van der Waals surface area contributed by atoms with Crippen LogP contribution >= 0.6 is 0 Å². The number of hydrogen-bond acceptors (Lipinski definition) is 4. The maximum atomic E-state index is 12.8. The summed E-state index contributed by atoms with van der Waals surface area (Å²) < 4.78 is 31.3. The van der Waals surface area contributed by atoms with Gasteiger partial charge in [0.05, 0.1) is 17.6 Å². The lowest BCUT2D eigenvalue weighted by Crippen LogP contribution is -2.57. The quantitative estimate of drug-likeness (QED) is 0.453. The molecule has 0 amide bonds. The molecule has 4 aliphatic rings. The van der Waals surface area contributed by atoms with Gasteiger partial charge in [0.1, 0.15) is 0 Å². The molecule has 0 aromatic heterocycles. The zero-order chi connectivity index (χ0) is 25.0. The summed E-state index contributed by atoms with van der Waals surface area (Å²) in [5.74, 6) is 3.73. The molecule has 4 fully saturated rings. The van der Waals surface area contributed by atoms with Gasteiger partial charge in [0.25, 0.3) is 10.1 Å². The van der Waals surface area contributed by atoms with E-state index in [-0.39, 0.29) is 28.9 Å². The third-order valence-corrected chi connectivity index (χ3v) is 12.7. The Morgan fingerprint density at radius 2 is 1.66 bits per heavy atom. The molecule has 1 aromatic carbocycles. The summed E-state index contributed by atoms with van der Waals surface area (Å²) in [6.07, 6.45) is 12.0. The van der Waals surface area contributed by atoms with E-state index in [9.17, 15) is 13.5 Å². The van der Waals surface area contributed by atoms with Gasteiger partial charge >= 0.3 is 0 Å². The number of aryl methyl sites for hydroxylation is 1. The number of aliphatic hydroxyl groups is 1. The predicted octanol–water partition coefficient (Wildman–Crippen LogP) is 6.75. The van der Waals surface area contributed by atoms with Gasteiger partial charge in [0.2, 0.25) is 0 Å². The Morgan fingerprint density at radius 1 is 0.971 bits per heavy atom. The highest BCUT2D eigenvalue weighted by molar-refractivity contribution is 7.86. The van der Waals surface area contributed by atoms with Gasteiger partial charge in [0.15, 0.2) is 0 Å². The lowest BCUT2D eigenvalue weighted by molar-refractivity contribution is -0.157. The van der Waals surface area contributed by atoms with E-state index in [0.717, 1.165) is 36.2 Å². The second kappa shape index (κ2) is 9.44. The van der Waals surface area contributed by atoms with Crippen LogP contribution in [0.1, 0.15) is 90.5 Å². The van der Waals surface area contributed by atoms with Gasteiger partial charge in [-0.25, -0.2) is 0 Å². The fourth-order valence-electron chi connectivity index (χ4n) is 9.50. The SMILES string of the molecule is Cc1ccc(S(=O)(=O)OC[C@@H](C)[C@H]2CCC[C@H]3[C@@H]4CC[C@H]5C[C@@H](O)CC[C@]5(C)[C@H]4CC[C@]23C)cc1. The normalized spacial score (nSPS) is 42.4. The summed E-state index contributed by atoms with van der Waals surface area (Å²) in [5, 5.41) is 10.3. The Kier molecular flexibility index (Phi) is 6.94. The van der Waals surface area contributed by atoms with E-state index in [1.54, 1.807) is 12.1 Å². The van der Waals surface area contributed by atoms with Crippen molar-refractivity contribution in [2.45, 2.75) is 103 Å². The molecule has 4 aliphatic carbocycles. The van der Waals surface area contributed by atoms with E-state index < -0.39 is 10.1 Å². The fraction of sp³-hybridized carbons (Fsp3) is 0.800. The third-order valence-electron chi connectivity index (χ3n) is 11.4. The van der Waals surface area contributed by atoms with Crippen LogP contribution in [0.25, 0.3) is 0 Å². The van der Waals surface area contributed by atoms with Crippen molar-refractivity contribution in [2.75, 3.05) is 6.61 Å². The van der Waals surface area contributed by atoms with Crippen molar-refractivity contribution >= 4 is 10.1 Å². The molecule has 0 radical (unpaired) electrons. The summed E-state index contributed by atoms with van der Waals surface area (Å²) in [5.41, 5.74) is 1.71. The first-order valence-electron chi connectivity index (χ1n) is 14.2. The molecule has 0 aliphatic heterocycles. The minimum atomic E-state index is -3.73. The fourth-order valence-corrected chi connectivity index (χ4v) is 10.5. The summed E-state index contributed by atoms with van der Waals surface area (Å²) >= 11 is 0. The van der Waals surface area contributed by atoms with Crippen LogP contribution < -0.4 is 0 Å². The first-order valence-corrected chi connectivity index (χ1v) is 15.6. The third kappa shape index (κ3) is 4.52. The largest absolute Gasteiger partial charge is 0.393 e. The maximum absolute atomic E-state index is 12.8. The topological polar surface area (TPSA) is 63.6 Å². The molecule has 0 saturated heterocycles. The Labute approximate surface area is 213 Å². The van der Waals surface area contributed by atoms with Gasteiger partial charge in [-0.05, 0) is 123 Å². The lowest BCUT2D eigenvalue weighted by Gasteiger charge is -2.64. The van der Waals surface area contributed by atoms with E-state index in [0.29, 0.717) is 17.3 Å². The molecule has 35 heavy (non-hydrogen) atoms. The van der Waals surface area contributed by atoms with Crippen LogP contribution in [0.5, 0.6) is 0 Å². The minimum absolute atomic E-state index is 0.0884. The maximum Gasteiger partial charge on any atom is 0.296 e. The second-order valence-electron chi connectivity index (χ2n) is 13.2. The Hall–Kier alpha value is -0.910. The Balaban J connectivity index is 1.30. The molecule has 0 spiro atoms. The average molecular weight is 503 g/mol. The van der Waals surface area contributed by atoms with E-state index in [4.69, 9.17) is 4.18 Å². The number of hydrogen-bond donors (Lipinski definition) is 1. The average Bonchev–Trinajstić information content (AvgIpc) is 2.82. The predicted molar refractivity (Wildman–Crippen MR) is 139 cm³/mol. The van der Waals surface area contributed by atoms with Crippen molar-refractivity contribution < 1.29 is 17.7 Å². The monoisotopic (exact) mass is 502 g/mol. The van der Waals surface area contributed by atoms with Crippen molar-refractivity contribution in [1.82, 2.24) is 0 Å². The Bertz CT molecular complexity index is 1000. The molecule has 4 nitrogen and oxygen atoms in total. The highest BCUT2D eigenvalue weighted by atomic mass is 32.2. The van der Waals surface area contributed by atoms with Crippen LogP contribution in [0.3, 0.4) is 0 Å². The van der Waals surface area contributed by atoms with E-state index >= 15 is 0 Å². The van der Waals surface area contributed by atoms with Crippen molar-refractivity contribution in [3.63, 3.8) is 0 Å². The van der Waals surface area contributed by atoms with E-state index in [1.807, 2.05) is 19.1 Å². The number of fused-ring (bicyclic) bond motifs is 5. The molecule has 196 valence electrons. The summed E-state index contributed by atoms with van der Waals surface area (Å²) in [6.45, 7) is 9.53. The van der Waals surface area contributed by atoms with Crippen LogP contribution in [0.4, 0.5) is 0 Å². The van der Waals surface area contributed by atoms with Gasteiger partial charge in [-0.3, -0.25) is 4.18 Å². The number of benzene rings is 1. The molecule has 0 unspecified atom stereocenters. The Morgan fingerprint density at radius 3 is 2.40 bits per heavy atom. The van der Waals surface area contributed by atoms with Crippen molar-refractivity contribution in [2.24, 2.45) is 46.3 Å². The highest BCUT2D eigenvalue weighted by Crippen LogP contribution is 2.67. The van der Waals surface area contributed by atoms with Crippen LogP contribution in [0.15, 0.2) is 29.2 Å². The van der Waals surface area contributed by atoms with Gasteiger partial charge in [-0.15, -0.1) is 0 Å². The molecule has 1 N–H and O–H groups in total. The molecular weight excluding hydrogens is 456 g/mol. The molecule has 0 bridgehead atoms. The summed E-state index contributed by atoms with van der Waals surface area (Å²) in [6, 6.07) is 6.95. The van der Waals surface area contributed by atoms with Crippen molar-refractivity contribution in [1.29, 1.82) is 0 Å². The molecular formula is C30H46O4S. The first-order chi connectivity index (χ1) is 16.5. The molecule has 0 heterocycles. The van der Waals surface area contributed by atoms with E-state index in [1.165, 1.54) is 51.4 Å². The lowest BCUT2D eigenvalue weighted by atomic mass is 9.41. The first kappa shape index (κ1) is 25.7. The standard InChI is InChI=1S/C30H46O4S/c1-20-8-11-24(12-9-20)35(32,33)34-19-21(2)26-6-5-7-27-25-13-10-22-18-23(31)14-16-29(22,3)28(25)15-17-30(26,27)4/h8-9,11-12,21-23,25-28,31H,5-7,10,13-19H2,1-4H3/t21-,22+,23+,25+,26-,27+,28+,29+,30-/m1/s1. The van der Waals surface area contributed by atoms with Crippen LogP contribution in [0.2, 0.25) is 0 Å².